The first kappa shape index (κ1) is 13.2. The van der Waals surface area contributed by atoms with E-state index in [1.54, 1.807) is 0 Å². The van der Waals surface area contributed by atoms with E-state index in [0.29, 0.717) is 18.5 Å². The lowest BCUT2D eigenvalue weighted by Gasteiger charge is -2.21. The first-order valence-corrected chi connectivity index (χ1v) is 7.96. The molecule has 3 atom stereocenters. The minimum Gasteiger partial charge on any atom is -0.391 e. The van der Waals surface area contributed by atoms with Crippen LogP contribution in [0.2, 0.25) is 0 Å². The monoisotopic (exact) mass is 266 g/mol. The zero-order valence-corrected chi connectivity index (χ0v) is 11.6. The molecule has 0 unspecified atom stereocenters. The van der Waals surface area contributed by atoms with Crippen molar-refractivity contribution in [3.05, 3.63) is 0 Å². The van der Waals surface area contributed by atoms with Crippen molar-refractivity contribution >= 4 is 6.03 Å². The van der Waals surface area contributed by atoms with Gasteiger partial charge in [-0.2, -0.15) is 0 Å². The molecule has 0 aromatic carbocycles. The van der Waals surface area contributed by atoms with Gasteiger partial charge in [-0.3, -0.25) is 0 Å². The maximum Gasteiger partial charge on any atom is 0.315 e. The molecule has 0 aromatic rings. The lowest BCUT2D eigenvalue weighted by Crippen LogP contribution is -2.41. The number of carbonyl (C=O) groups excluding carboxylic acids is 1. The Morgan fingerprint density at radius 1 is 1.16 bits per heavy atom. The Labute approximate surface area is 115 Å². The summed E-state index contributed by atoms with van der Waals surface area (Å²) in [4.78, 5) is 11.7. The van der Waals surface area contributed by atoms with Gasteiger partial charge in [0.15, 0.2) is 0 Å². The van der Waals surface area contributed by atoms with E-state index in [9.17, 15) is 9.90 Å². The van der Waals surface area contributed by atoms with Gasteiger partial charge >= 0.3 is 6.03 Å². The number of carbonyl (C=O) groups is 1. The summed E-state index contributed by atoms with van der Waals surface area (Å²) in [6.07, 6.45) is 9.86. The summed E-state index contributed by atoms with van der Waals surface area (Å²) in [5, 5.41) is 15.6. The molecule has 3 aliphatic rings. The summed E-state index contributed by atoms with van der Waals surface area (Å²) in [7, 11) is 0. The van der Waals surface area contributed by atoms with Crippen LogP contribution in [0.1, 0.15) is 51.4 Å². The average Bonchev–Trinajstić information content (AvgIpc) is 3.30. The zero-order chi connectivity index (χ0) is 13.2. The highest BCUT2D eigenvalue weighted by Crippen LogP contribution is 2.44. The number of hydrogen-bond donors (Lipinski definition) is 3. The van der Waals surface area contributed by atoms with Crippen molar-refractivity contribution < 1.29 is 9.90 Å². The van der Waals surface area contributed by atoms with Gasteiger partial charge in [0.25, 0.3) is 0 Å². The lowest BCUT2D eigenvalue weighted by atomic mass is 9.85. The Hall–Kier alpha value is -0.770. The third kappa shape index (κ3) is 3.62. The van der Waals surface area contributed by atoms with Crippen LogP contribution in [-0.4, -0.2) is 29.8 Å². The second kappa shape index (κ2) is 5.70. The number of rotatable bonds is 5. The molecule has 3 saturated carbocycles. The quantitative estimate of drug-likeness (QED) is 0.713. The number of nitrogens with one attached hydrogen (secondary N) is 2. The Kier molecular flexibility index (Phi) is 3.96. The molecule has 19 heavy (non-hydrogen) atoms. The van der Waals surface area contributed by atoms with Crippen molar-refractivity contribution in [1.29, 1.82) is 0 Å². The molecule has 0 heterocycles. The summed E-state index contributed by atoms with van der Waals surface area (Å²) in [6.45, 7) is 0.400. The van der Waals surface area contributed by atoms with Crippen LogP contribution in [0.15, 0.2) is 0 Å². The Bertz CT molecular complexity index is 324. The molecule has 3 fully saturated rings. The van der Waals surface area contributed by atoms with Gasteiger partial charge < -0.3 is 15.7 Å². The Morgan fingerprint density at radius 2 is 1.89 bits per heavy atom. The van der Waals surface area contributed by atoms with E-state index in [0.717, 1.165) is 31.1 Å². The molecule has 108 valence electrons. The van der Waals surface area contributed by atoms with Crippen LogP contribution in [0.25, 0.3) is 0 Å². The molecule has 0 aromatic heterocycles. The van der Waals surface area contributed by atoms with Crippen LogP contribution in [-0.2, 0) is 0 Å². The van der Waals surface area contributed by atoms with Crippen LogP contribution in [0, 0.1) is 17.8 Å². The molecule has 0 spiro atoms. The van der Waals surface area contributed by atoms with Gasteiger partial charge in [0.1, 0.15) is 0 Å². The van der Waals surface area contributed by atoms with Crippen molar-refractivity contribution in [2.45, 2.75) is 63.5 Å². The Balaban J connectivity index is 1.32. The summed E-state index contributed by atoms with van der Waals surface area (Å²) >= 11 is 0. The number of hydrogen-bond acceptors (Lipinski definition) is 2. The van der Waals surface area contributed by atoms with E-state index in [1.165, 1.54) is 32.1 Å². The molecule has 3 N–H and O–H groups in total. The van der Waals surface area contributed by atoms with E-state index in [1.807, 2.05) is 0 Å². The number of urea groups is 1. The zero-order valence-electron chi connectivity index (χ0n) is 11.6. The predicted molar refractivity (Wildman–Crippen MR) is 73.7 cm³/mol. The maximum absolute atomic E-state index is 11.7. The van der Waals surface area contributed by atoms with Gasteiger partial charge in [-0.05, 0) is 37.0 Å². The fourth-order valence-corrected chi connectivity index (χ4v) is 3.53. The number of aliphatic hydroxyl groups is 1. The fraction of sp³-hybridized carbons (Fsp3) is 0.933. The van der Waals surface area contributed by atoms with Crippen molar-refractivity contribution in [1.82, 2.24) is 10.6 Å². The highest BCUT2D eigenvalue weighted by Gasteiger charge is 2.43. The van der Waals surface area contributed by atoms with Crippen LogP contribution in [0.4, 0.5) is 4.79 Å². The van der Waals surface area contributed by atoms with Crippen molar-refractivity contribution in [3.63, 3.8) is 0 Å². The van der Waals surface area contributed by atoms with E-state index in [4.69, 9.17) is 0 Å². The molecule has 0 saturated heterocycles. The molecule has 2 amide bonds. The number of amides is 2. The van der Waals surface area contributed by atoms with Gasteiger partial charge in [-0.25, -0.2) is 4.79 Å². The highest BCUT2D eigenvalue weighted by atomic mass is 16.3. The third-order valence-electron chi connectivity index (χ3n) is 5.05. The third-order valence-corrected chi connectivity index (χ3v) is 5.05. The van der Waals surface area contributed by atoms with Gasteiger partial charge in [0.2, 0.25) is 0 Å². The molecule has 4 heteroatoms. The lowest BCUT2D eigenvalue weighted by molar-refractivity contribution is 0.149. The maximum atomic E-state index is 11.7. The second-order valence-electron chi connectivity index (χ2n) is 6.66. The van der Waals surface area contributed by atoms with Crippen LogP contribution in [0.5, 0.6) is 0 Å². The smallest absolute Gasteiger partial charge is 0.315 e. The topological polar surface area (TPSA) is 61.4 Å². The molecular formula is C15H26N2O2. The largest absolute Gasteiger partial charge is 0.391 e. The molecule has 0 radical (unpaired) electrons. The molecular weight excluding hydrogens is 240 g/mol. The van der Waals surface area contributed by atoms with Crippen LogP contribution < -0.4 is 10.6 Å². The normalized spacial score (nSPS) is 32.7. The summed E-state index contributed by atoms with van der Waals surface area (Å²) in [5.41, 5.74) is 0. The standard InChI is InChI=1S/C15H26N2O2/c18-14(11-6-7-11)9-16-15(19)17-13-8-12(13)10-4-2-1-3-5-10/h10-14,18H,1-9H2,(H2,16,17,19)/t12-,13+,14+/m1/s1. The van der Waals surface area contributed by atoms with Gasteiger partial charge in [-0.1, -0.05) is 32.1 Å². The van der Waals surface area contributed by atoms with Crippen molar-refractivity contribution in [2.24, 2.45) is 17.8 Å². The average molecular weight is 266 g/mol. The first-order chi connectivity index (χ1) is 9.24. The SMILES string of the molecule is O=C(NC[C@H](O)C1CC1)N[C@H]1C[C@@H]1C1CCCCC1. The predicted octanol–water partition coefficient (Wildman–Crippen LogP) is 2.03. The summed E-state index contributed by atoms with van der Waals surface area (Å²) < 4.78 is 0. The summed E-state index contributed by atoms with van der Waals surface area (Å²) in [6, 6.07) is 0.296. The summed E-state index contributed by atoms with van der Waals surface area (Å²) in [5.74, 6) is 1.99. The molecule has 0 bridgehead atoms. The van der Waals surface area contributed by atoms with Crippen LogP contribution >= 0.6 is 0 Å². The van der Waals surface area contributed by atoms with Crippen molar-refractivity contribution in [3.8, 4) is 0 Å². The van der Waals surface area contributed by atoms with E-state index < -0.39 is 0 Å². The Morgan fingerprint density at radius 3 is 2.58 bits per heavy atom. The fourth-order valence-electron chi connectivity index (χ4n) is 3.53. The minimum absolute atomic E-state index is 0.0944. The second-order valence-corrected chi connectivity index (χ2v) is 6.66. The van der Waals surface area contributed by atoms with Gasteiger partial charge in [0, 0.05) is 12.6 Å². The van der Waals surface area contributed by atoms with Crippen LogP contribution in [0.3, 0.4) is 0 Å². The molecule has 3 aliphatic carbocycles. The molecule has 4 nitrogen and oxygen atoms in total. The van der Waals surface area contributed by atoms with E-state index in [2.05, 4.69) is 10.6 Å². The number of aliphatic hydroxyl groups excluding tert-OH is 1. The molecule has 0 aliphatic heterocycles. The van der Waals surface area contributed by atoms with E-state index in [-0.39, 0.29) is 12.1 Å². The molecule has 3 rings (SSSR count). The van der Waals surface area contributed by atoms with Gasteiger partial charge in [0.05, 0.1) is 6.10 Å². The first-order valence-electron chi connectivity index (χ1n) is 7.96. The van der Waals surface area contributed by atoms with Crippen molar-refractivity contribution in [2.75, 3.05) is 6.54 Å². The van der Waals surface area contributed by atoms with Gasteiger partial charge in [-0.15, -0.1) is 0 Å². The minimum atomic E-state index is -0.348. The van der Waals surface area contributed by atoms with E-state index >= 15 is 0 Å². The highest BCUT2D eigenvalue weighted by molar-refractivity contribution is 5.74.